The molecule has 0 fully saturated rings. The number of aromatic nitrogens is 4. The average Bonchev–Trinajstić information content (AvgIpc) is 3.19. The number of H-pyrrole nitrogens is 2. The molecule has 2 aromatic heterocycles. The molecule has 0 aliphatic carbocycles. The quantitative estimate of drug-likeness (QED) is 0.317. The number of halogens is 3. The van der Waals surface area contributed by atoms with E-state index in [1.54, 1.807) is 13.3 Å². The second kappa shape index (κ2) is 9.98. The minimum Gasteiger partial charge on any atom is -0.497 e. The van der Waals surface area contributed by atoms with E-state index in [-0.39, 0.29) is 11.4 Å². The van der Waals surface area contributed by atoms with E-state index in [4.69, 9.17) is 17.0 Å². The predicted molar refractivity (Wildman–Crippen MR) is 113 cm³/mol. The van der Waals surface area contributed by atoms with E-state index >= 15 is 0 Å². The molecule has 0 atom stereocenters. The van der Waals surface area contributed by atoms with Crippen LogP contribution in [0.2, 0.25) is 0 Å². The summed E-state index contributed by atoms with van der Waals surface area (Å²) in [4.78, 5) is 13.3. The molecule has 0 amide bonds. The third-order valence-corrected chi connectivity index (χ3v) is 5.54. The number of methoxy groups -OCH3 is 1. The molecule has 160 valence electrons. The van der Waals surface area contributed by atoms with Gasteiger partial charge in [0.25, 0.3) is 0 Å². The monoisotopic (exact) mass is 455 g/mol. The van der Waals surface area contributed by atoms with Gasteiger partial charge in [-0.15, -0.1) is 0 Å². The topological polar surface area (TPSA) is 78.6 Å². The minimum atomic E-state index is -4.42. The van der Waals surface area contributed by atoms with Gasteiger partial charge in [-0.25, -0.2) is 9.97 Å². The number of nitrogens with zero attached hydrogens (tertiary/aromatic N) is 2. The van der Waals surface area contributed by atoms with Crippen LogP contribution in [0.5, 0.6) is 5.75 Å². The van der Waals surface area contributed by atoms with Gasteiger partial charge in [0.15, 0.2) is 0 Å². The molecular formula is C19H20F3N5OS2. The van der Waals surface area contributed by atoms with Crippen LogP contribution >= 0.6 is 24.0 Å². The Morgan fingerprint density at radius 3 is 2.63 bits per heavy atom. The van der Waals surface area contributed by atoms with Gasteiger partial charge in [0, 0.05) is 36.2 Å². The van der Waals surface area contributed by atoms with Crippen LogP contribution in [0, 0.1) is 4.64 Å². The number of aromatic amines is 2. The molecular weight excluding hydrogens is 435 g/mol. The maximum Gasteiger partial charge on any atom is 0.433 e. The summed E-state index contributed by atoms with van der Waals surface area (Å²) in [5.41, 5.74) is 1.20. The molecule has 6 nitrogen and oxygen atoms in total. The van der Waals surface area contributed by atoms with Crippen LogP contribution in [0.4, 0.5) is 19.1 Å². The van der Waals surface area contributed by atoms with Gasteiger partial charge in [0.2, 0.25) is 5.95 Å². The Labute approximate surface area is 180 Å². The molecule has 0 spiro atoms. The van der Waals surface area contributed by atoms with Crippen molar-refractivity contribution < 1.29 is 17.9 Å². The minimum absolute atomic E-state index is 0.00733. The number of anilines is 1. The molecule has 30 heavy (non-hydrogen) atoms. The normalized spacial score (nSPS) is 11.5. The first kappa shape index (κ1) is 22.2. The van der Waals surface area contributed by atoms with E-state index in [1.165, 1.54) is 11.8 Å². The van der Waals surface area contributed by atoms with Crippen molar-refractivity contribution in [2.45, 2.75) is 18.3 Å². The van der Waals surface area contributed by atoms with E-state index < -0.39 is 11.9 Å². The summed E-state index contributed by atoms with van der Waals surface area (Å²) < 4.78 is 44.1. The zero-order valence-corrected chi connectivity index (χ0v) is 17.7. The number of imidazole rings is 1. The van der Waals surface area contributed by atoms with Crippen molar-refractivity contribution in [2.75, 3.05) is 24.7 Å². The molecule has 0 bridgehead atoms. The maximum absolute atomic E-state index is 12.8. The van der Waals surface area contributed by atoms with Gasteiger partial charge in [-0.05, 0) is 17.7 Å². The third kappa shape index (κ3) is 5.99. The van der Waals surface area contributed by atoms with Crippen LogP contribution in [-0.2, 0) is 18.3 Å². The summed E-state index contributed by atoms with van der Waals surface area (Å²) >= 11 is 6.76. The van der Waals surface area contributed by atoms with Gasteiger partial charge in [-0.3, -0.25) is 0 Å². The lowest BCUT2D eigenvalue weighted by Crippen LogP contribution is -2.10. The van der Waals surface area contributed by atoms with Crippen LogP contribution in [-0.4, -0.2) is 39.3 Å². The molecule has 0 radical (unpaired) electrons. The van der Waals surface area contributed by atoms with Crippen LogP contribution in [0.25, 0.3) is 0 Å². The number of hydrogen-bond donors (Lipinski definition) is 3. The Hall–Kier alpha value is -2.53. The highest BCUT2D eigenvalue weighted by Gasteiger charge is 2.35. The zero-order valence-electron chi connectivity index (χ0n) is 16.0. The van der Waals surface area contributed by atoms with Gasteiger partial charge in [-0.2, -0.15) is 24.9 Å². The SMILES string of the molecule is COc1ccc(Cc2cnc(NCCSCc3nc[nH]c3C(F)(F)F)[nH]c2=S)cc1. The third-order valence-electron chi connectivity index (χ3n) is 4.21. The highest BCUT2D eigenvalue weighted by molar-refractivity contribution is 7.98. The van der Waals surface area contributed by atoms with E-state index in [9.17, 15) is 13.2 Å². The van der Waals surface area contributed by atoms with Gasteiger partial charge < -0.3 is 20.0 Å². The van der Waals surface area contributed by atoms with Crippen molar-refractivity contribution in [3.8, 4) is 5.75 Å². The smallest absolute Gasteiger partial charge is 0.433 e. The molecule has 3 aromatic rings. The van der Waals surface area contributed by atoms with Gasteiger partial charge in [0.05, 0.1) is 19.1 Å². The Morgan fingerprint density at radius 2 is 1.97 bits per heavy atom. The molecule has 11 heteroatoms. The highest BCUT2D eigenvalue weighted by atomic mass is 32.2. The molecule has 0 unspecified atom stereocenters. The van der Waals surface area contributed by atoms with Crippen LogP contribution in [0.3, 0.4) is 0 Å². The van der Waals surface area contributed by atoms with E-state index in [0.29, 0.717) is 29.3 Å². The van der Waals surface area contributed by atoms with E-state index in [1.807, 2.05) is 24.3 Å². The Bertz CT molecular complexity index is 1020. The Morgan fingerprint density at radius 1 is 1.20 bits per heavy atom. The van der Waals surface area contributed by atoms with Crippen LogP contribution in [0.15, 0.2) is 36.8 Å². The first-order valence-corrected chi connectivity index (χ1v) is 10.6. The number of rotatable bonds is 9. The summed E-state index contributed by atoms with van der Waals surface area (Å²) in [6.07, 6.45) is -0.989. The summed E-state index contributed by atoms with van der Waals surface area (Å²) in [7, 11) is 1.62. The number of ether oxygens (including phenoxy) is 1. The summed E-state index contributed by atoms with van der Waals surface area (Å²) in [5.74, 6) is 2.07. The standard InChI is InChI=1S/C19H20F3N5OS2/c1-28-14-4-2-12(3-5-14)8-13-9-24-18(27-17(13)29)23-6-7-30-10-15-16(19(20,21)22)26-11-25-15/h2-5,9,11H,6-8,10H2,1H3,(H,25,26)(H2,23,24,27,29). The number of nitrogens with one attached hydrogen (secondary N) is 3. The summed E-state index contributed by atoms with van der Waals surface area (Å²) in [6, 6.07) is 7.73. The van der Waals surface area contributed by atoms with Gasteiger partial charge in [-0.1, -0.05) is 24.4 Å². The van der Waals surface area contributed by atoms with Gasteiger partial charge in [0.1, 0.15) is 16.1 Å². The number of hydrogen-bond acceptors (Lipinski definition) is 6. The van der Waals surface area contributed by atoms with Crippen molar-refractivity contribution in [2.24, 2.45) is 0 Å². The zero-order chi connectivity index (χ0) is 21.6. The van der Waals surface area contributed by atoms with E-state index in [2.05, 4.69) is 25.3 Å². The highest BCUT2D eigenvalue weighted by Crippen LogP contribution is 2.31. The molecule has 0 aliphatic heterocycles. The van der Waals surface area contributed by atoms with Crippen LogP contribution in [0.1, 0.15) is 22.5 Å². The van der Waals surface area contributed by atoms with Crippen LogP contribution < -0.4 is 10.1 Å². The maximum atomic E-state index is 12.8. The molecule has 3 rings (SSSR count). The lowest BCUT2D eigenvalue weighted by molar-refractivity contribution is -0.141. The van der Waals surface area contributed by atoms with E-state index in [0.717, 1.165) is 23.2 Å². The fourth-order valence-corrected chi connectivity index (χ4v) is 3.71. The summed E-state index contributed by atoms with van der Waals surface area (Å²) in [5, 5.41) is 3.10. The summed E-state index contributed by atoms with van der Waals surface area (Å²) in [6.45, 7) is 0.520. The number of thioether (sulfide) groups is 1. The van der Waals surface area contributed by atoms with Gasteiger partial charge >= 0.3 is 6.18 Å². The molecule has 0 saturated carbocycles. The first-order chi connectivity index (χ1) is 14.4. The molecule has 0 saturated heterocycles. The predicted octanol–water partition coefficient (Wildman–Crippen LogP) is 4.83. The molecule has 3 N–H and O–H groups in total. The Kier molecular flexibility index (Phi) is 7.38. The second-order valence-electron chi connectivity index (χ2n) is 6.31. The lowest BCUT2D eigenvalue weighted by Gasteiger charge is -2.09. The number of benzene rings is 1. The van der Waals surface area contributed by atoms with Crippen molar-refractivity contribution >= 4 is 29.9 Å². The first-order valence-electron chi connectivity index (χ1n) is 8.99. The van der Waals surface area contributed by atoms with Crippen molar-refractivity contribution in [3.63, 3.8) is 0 Å². The fourth-order valence-electron chi connectivity index (χ4n) is 2.69. The lowest BCUT2D eigenvalue weighted by atomic mass is 10.1. The molecule has 0 aliphatic rings. The van der Waals surface area contributed by atoms with Crippen molar-refractivity contribution in [1.82, 2.24) is 19.9 Å². The largest absolute Gasteiger partial charge is 0.497 e. The van der Waals surface area contributed by atoms with Crippen molar-refractivity contribution in [1.29, 1.82) is 0 Å². The number of alkyl halides is 3. The molecule has 1 aromatic carbocycles. The fraction of sp³-hybridized carbons (Fsp3) is 0.316. The second-order valence-corrected chi connectivity index (χ2v) is 7.83. The van der Waals surface area contributed by atoms with Crippen molar-refractivity contribution in [3.05, 3.63) is 63.9 Å². The average molecular weight is 456 g/mol. The Balaban J connectivity index is 1.47. The molecule has 2 heterocycles.